The highest BCUT2D eigenvalue weighted by molar-refractivity contribution is 6.39. The van der Waals surface area contributed by atoms with Gasteiger partial charge in [-0.25, -0.2) is 5.43 Å². The average molecular weight is 409 g/mol. The van der Waals surface area contributed by atoms with E-state index in [4.69, 9.17) is 33.7 Å². The lowest BCUT2D eigenvalue weighted by molar-refractivity contribution is -0.136. The fourth-order valence-electron chi connectivity index (χ4n) is 1.83. The van der Waals surface area contributed by atoms with Crippen molar-refractivity contribution in [3.8, 4) is 5.75 Å². The first kappa shape index (κ1) is 20.2. The molecule has 0 saturated carbocycles. The van der Waals surface area contributed by atoms with Gasteiger partial charge in [-0.15, -0.1) is 0 Å². The highest BCUT2D eigenvalue weighted by atomic mass is 35.5. The van der Waals surface area contributed by atoms with Crippen LogP contribution in [-0.2, 0) is 14.4 Å². The molecule has 0 atom stereocenters. The Balaban J connectivity index is 1.90. The van der Waals surface area contributed by atoms with E-state index in [0.717, 1.165) is 0 Å². The lowest BCUT2D eigenvalue weighted by atomic mass is 10.2. The van der Waals surface area contributed by atoms with Crippen LogP contribution in [0, 0.1) is 0 Å². The minimum Gasteiger partial charge on any atom is -0.482 e. The molecule has 0 unspecified atom stereocenters. The van der Waals surface area contributed by atoms with Crippen LogP contribution in [0.2, 0.25) is 10.0 Å². The van der Waals surface area contributed by atoms with Gasteiger partial charge in [0.2, 0.25) is 0 Å². The van der Waals surface area contributed by atoms with E-state index in [0.29, 0.717) is 16.3 Å². The summed E-state index contributed by atoms with van der Waals surface area (Å²) in [7, 11) is 0. The minimum absolute atomic E-state index is 0.227. The molecule has 0 aliphatic carbocycles. The number of rotatable bonds is 6. The van der Waals surface area contributed by atoms with Crippen LogP contribution in [0.15, 0.2) is 47.6 Å². The van der Waals surface area contributed by atoms with Gasteiger partial charge in [0.1, 0.15) is 5.75 Å². The van der Waals surface area contributed by atoms with Crippen molar-refractivity contribution >= 4 is 52.8 Å². The van der Waals surface area contributed by atoms with Gasteiger partial charge in [-0.2, -0.15) is 5.10 Å². The molecule has 2 rings (SSSR count). The number of carbonyl (C=O) groups is 3. The van der Waals surface area contributed by atoms with Crippen LogP contribution in [0.1, 0.15) is 5.56 Å². The molecule has 27 heavy (non-hydrogen) atoms. The van der Waals surface area contributed by atoms with Crippen molar-refractivity contribution < 1.29 is 19.1 Å². The molecule has 2 aromatic carbocycles. The SMILES string of the molecule is NC(=O)COc1ccc(/C=N\NC(=O)C(=O)Nc2cccc(Cl)c2)cc1Cl. The van der Waals surface area contributed by atoms with E-state index in [1.807, 2.05) is 0 Å². The van der Waals surface area contributed by atoms with Gasteiger partial charge in [-0.1, -0.05) is 29.3 Å². The van der Waals surface area contributed by atoms with E-state index in [2.05, 4.69) is 15.8 Å². The summed E-state index contributed by atoms with van der Waals surface area (Å²) in [5, 5.41) is 6.72. The van der Waals surface area contributed by atoms with Crippen molar-refractivity contribution in [2.24, 2.45) is 10.8 Å². The molecular formula is C17H14Cl2N4O4. The molecule has 3 amide bonds. The Kier molecular flexibility index (Phi) is 7.16. The number of hydrogen-bond acceptors (Lipinski definition) is 5. The predicted molar refractivity (Wildman–Crippen MR) is 102 cm³/mol. The van der Waals surface area contributed by atoms with Gasteiger partial charge < -0.3 is 15.8 Å². The Bertz CT molecular complexity index is 902. The van der Waals surface area contributed by atoms with E-state index in [1.165, 1.54) is 24.4 Å². The monoisotopic (exact) mass is 408 g/mol. The number of ether oxygens (including phenoxy) is 1. The van der Waals surface area contributed by atoms with Crippen LogP contribution < -0.4 is 21.2 Å². The lowest BCUT2D eigenvalue weighted by Crippen LogP contribution is -2.32. The molecule has 0 aliphatic heterocycles. The standard InChI is InChI=1S/C17H14Cl2N4O4/c18-11-2-1-3-12(7-11)22-16(25)17(26)23-21-8-10-4-5-14(13(19)6-10)27-9-15(20)24/h1-8H,9H2,(H2,20,24)(H,22,25)(H,23,26)/b21-8-. The van der Waals surface area contributed by atoms with Crippen LogP contribution in [0.3, 0.4) is 0 Å². The number of nitrogens with zero attached hydrogens (tertiary/aromatic N) is 1. The molecular weight excluding hydrogens is 395 g/mol. The summed E-state index contributed by atoms with van der Waals surface area (Å²) in [6.45, 7) is -0.301. The molecule has 0 bridgehead atoms. The maximum Gasteiger partial charge on any atom is 0.329 e. The van der Waals surface area contributed by atoms with Gasteiger partial charge in [-0.3, -0.25) is 14.4 Å². The second kappa shape index (κ2) is 9.56. The van der Waals surface area contributed by atoms with Gasteiger partial charge >= 0.3 is 11.8 Å². The van der Waals surface area contributed by atoms with Gasteiger partial charge in [0.15, 0.2) is 6.61 Å². The number of amides is 3. The number of benzene rings is 2. The molecule has 0 aromatic heterocycles. The number of nitrogens with two attached hydrogens (primary N) is 1. The van der Waals surface area contributed by atoms with Crippen molar-refractivity contribution in [1.82, 2.24) is 5.43 Å². The summed E-state index contributed by atoms with van der Waals surface area (Å²) < 4.78 is 5.11. The number of halogens is 2. The Labute approximate surface area is 164 Å². The summed E-state index contributed by atoms with van der Waals surface area (Å²) in [6, 6.07) is 11.0. The predicted octanol–water partition coefficient (Wildman–Crippen LogP) is 1.95. The maximum absolute atomic E-state index is 11.8. The zero-order valence-corrected chi connectivity index (χ0v) is 15.3. The quantitative estimate of drug-likeness (QED) is 0.383. The van der Waals surface area contributed by atoms with Crippen molar-refractivity contribution in [2.45, 2.75) is 0 Å². The topological polar surface area (TPSA) is 123 Å². The van der Waals surface area contributed by atoms with Gasteiger partial charge in [0.05, 0.1) is 11.2 Å². The van der Waals surface area contributed by atoms with Crippen LogP contribution in [0.4, 0.5) is 5.69 Å². The third kappa shape index (κ3) is 6.61. The number of hydrogen-bond donors (Lipinski definition) is 3. The largest absolute Gasteiger partial charge is 0.482 e. The summed E-state index contributed by atoms with van der Waals surface area (Å²) in [5.74, 6) is -2.21. The Morgan fingerprint density at radius 3 is 2.56 bits per heavy atom. The summed E-state index contributed by atoms with van der Waals surface area (Å²) in [5.41, 5.74) is 7.99. The zero-order chi connectivity index (χ0) is 19.8. The molecule has 0 heterocycles. The molecule has 0 aliphatic rings. The summed E-state index contributed by atoms with van der Waals surface area (Å²) >= 11 is 11.8. The molecule has 0 saturated heterocycles. The van der Waals surface area contributed by atoms with E-state index < -0.39 is 17.7 Å². The van der Waals surface area contributed by atoms with E-state index in [-0.39, 0.29) is 17.4 Å². The van der Waals surface area contributed by atoms with Crippen LogP contribution >= 0.6 is 23.2 Å². The number of hydrazone groups is 1. The minimum atomic E-state index is -0.960. The first-order valence-corrected chi connectivity index (χ1v) is 8.21. The zero-order valence-electron chi connectivity index (χ0n) is 13.7. The number of nitrogens with one attached hydrogen (secondary N) is 2. The fourth-order valence-corrected chi connectivity index (χ4v) is 2.27. The maximum atomic E-state index is 11.8. The molecule has 8 nitrogen and oxygen atoms in total. The van der Waals surface area contributed by atoms with Crippen LogP contribution in [-0.4, -0.2) is 30.5 Å². The molecule has 10 heteroatoms. The lowest BCUT2D eigenvalue weighted by Gasteiger charge is -2.06. The Morgan fingerprint density at radius 2 is 1.89 bits per heavy atom. The summed E-state index contributed by atoms with van der Waals surface area (Å²) in [4.78, 5) is 34.2. The highest BCUT2D eigenvalue weighted by Crippen LogP contribution is 2.24. The van der Waals surface area contributed by atoms with Crippen LogP contribution in [0.25, 0.3) is 0 Å². The highest BCUT2D eigenvalue weighted by Gasteiger charge is 2.13. The van der Waals surface area contributed by atoms with E-state index in [1.54, 1.807) is 24.3 Å². The second-order valence-corrected chi connectivity index (χ2v) is 5.95. The smallest absolute Gasteiger partial charge is 0.329 e. The Hall–Kier alpha value is -3.10. The third-order valence-electron chi connectivity index (χ3n) is 2.99. The second-order valence-electron chi connectivity index (χ2n) is 5.11. The molecule has 0 spiro atoms. The fraction of sp³-hybridized carbons (Fsp3) is 0.0588. The first-order chi connectivity index (χ1) is 12.8. The average Bonchev–Trinajstić information content (AvgIpc) is 2.60. The molecule has 0 radical (unpaired) electrons. The van der Waals surface area contributed by atoms with Gasteiger partial charge in [0.25, 0.3) is 5.91 Å². The van der Waals surface area contributed by atoms with Crippen molar-refractivity contribution in [1.29, 1.82) is 0 Å². The normalized spacial score (nSPS) is 10.4. The molecule has 140 valence electrons. The number of anilines is 1. The molecule has 0 fully saturated rings. The van der Waals surface area contributed by atoms with E-state index in [9.17, 15) is 14.4 Å². The van der Waals surface area contributed by atoms with Gasteiger partial charge in [0, 0.05) is 10.7 Å². The number of carbonyl (C=O) groups excluding carboxylic acids is 3. The van der Waals surface area contributed by atoms with Crippen molar-refractivity contribution in [2.75, 3.05) is 11.9 Å². The third-order valence-corrected chi connectivity index (χ3v) is 3.52. The number of primary amides is 1. The van der Waals surface area contributed by atoms with Crippen molar-refractivity contribution in [3.05, 3.63) is 58.1 Å². The summed E-state index contributed by atoms with van der Waals surface area (Å²) in [6.07, 6.45) is 1.29. The van der Waals surface area contributed by atoms with Gasteiger partial charge in [-0.05, 0) is 42.0 Å². The van der Waals surface area contributed by atoms with E-state index >= 15 is 0 Å². The Morgan fingerprint density at radius 1 is 1.11 bits per heavy atom. The van der Waals surface area contributed by atoms with Crippen LogP contribution in [0.5, 0.6) is 5.75 Å². The molecule has 2 aromatic rings. The molecule has 4 N–H and O–H groups in total. The van der Waals surface area contributed by atoms with Crippen molar-refractivity contribution in [3.63, 3.8) is 0 Å². The first-order valence-electron chi connectivity index (χ1n) is 7.46.